The molecular weight excluding hydrogens is 250 g/mol. The van der Waals surface area contributed by atoms with E-state index in [4.69, 9.17) is 4.74 Å². The molecule has 0 saturated heterocycles. The van der Waals surface area contributed by atoms with E-state index >= 15 is 0 Å². The number of rotatable bonds is 4. The first kappa shape index (κ1) is 13.9. The van der Waals surface area contributed by atoms with Crippen molar-refractivity contribution in [1.29, 1.82) is 0 Å². The number of aliphatic hydroxyl groups is 1. The monoisotopic (exact) mass is 275 g/mol. The molecule has 3 aliphatic carbocycles. The number of fused-ring (bicyclic) bond motifs is 2. The Hall–Kier alpha value is -1.06. The minimum Gasteiger partial charge on any atom is -0.385 e. The average molecular weight is 275 g/mol. The molecule has 1 aromatic rings. The zero-order valence-electron chi connectivity index (χ0n) is 12.6. The van der Waals surface area contributed by atoms with Gasteiger partial charge in [-0.1, -0.05) is 32.0 Å². The first-order valence-electron chi connectivity index (χ1n) is 7.52. The molecule has 20 heavy (non-hydrogen) atoms. The average Bonchev–Trinajstić information content (AvgIpc) is 2.46. The van der Waals surface area contributed by atoms with E-state index in [2.05, 4.69) is 19.2 Å². The first-order valence-corrected chi connectivity index (χ1v) is 7.52. The highest BCUT2D eigenvalue weighted by Gasteiger charge is 2.64. The van der Waals surface area contributed by atoms with Gasteiger partial charge in [0, 0.05) is 19.3 Å². The van der Waals surface area contributed by atoms with Crippen molar-refractivity contribution in [3.8, 4) is 0 Å². The second kappa shape index (κ2) is 4.74. The number of hydrogen-bond donors (Lipinski definition) is 2. The zero-order chi connectivity index (χ0) is 14.4. The standard InChI is InChI=1S/C17H25NO2/c1-16(2)12-9-14(16)17(19,15(10-12)20-3)11-18-13-7-5-4-6-8-13/h4-8,12,14-15,18-19H,9-11H2,1-3H3/t12-,14-,15+,17-/m1/s1. The van der Waals surface area contributed by atoms with Gasteiger partial charge in [-0.15, -0.1) is 0 Å². The third kappa shape index (κ3) is 1.95. The molecule has 1 aromatic carbocycles. The molecule has 4 rings (SSSR count). The summed E-state index contributed by atoms with van der Waals surface area (Å²) >= 11 is 0. The number of ether oxygens (including phenoxy) is 1. The summed E-state index contributed by atoms with van der Waals surface area (Å²) in [4.78, 5) is 0. The van der Waals surface area contributed by atoms with Crippen molar-refractivity contribution in [2.75, 3.05) is 19.0 Å². The maximum absolute atomic E-state index is 11.2. The molecule has 3 nitrogen and oxygen atoms in total. The van der Waals surface area contributed by atoms with Crippen molar-refractivity contribution in [2.24, 2.45) is 17.3 Å². The molecule has 3 fully saturated rings. The third-order valence-electron chi connectivity index (χ3n) is 5.76. The topological polar surface area (TPSA) is 41.5 Å². The van der Waals surface area contributed by atoms with Gasteiger partial charge >= 0.3 is 0 Å². The second-order valence-corrected chi connectivity index (χ2v) is 6.98. The molecule has 2 N–H and O–H groups in total. The van der Waals surface area contributed by atoms with E-state index in [1.807, 2.05) is 30.3 Å². The number of anilines is 1. The molecule has 3 aliphatic rings. The summed E-state index contributed by atoms with van der Waals surface area (Å²) in [6.45, 7) is 5.12. The summed E-state index contributed by atoms with van der Waals surface area (Å²) in [7, 11) is 1.72. The van der Waals surface area contributed by atoms with E-state index in [0.29, 0.717) is 18.4 Å². The number of para-hydroxylation sites is 1. The summed E-state index contributed by atoms with van der Waals surface area (Å²) in [5.41, 5.74) is 0.500. The Kier molecular flexibility index (Phi) is 3.30. The molecule has 0 amide bonds. The van der Waals surface area contributed by atoms with Crippen LogP contribution in [0.3, 0.4) is 0 Å². The largest absolute Gasteiger partial charge is 0.385 e. The highest BCUT2D eigenvalue weighted by atomic mass is 16.5. The van der Waals surface area contributed by atoms with Gasteiger partial charge in [0.2, 0.25) is 0 Å². The van der Waals surface area contributed by atoms with Gasteiger partial charge in [0.15, 0.2) is 0 Å². The quantitative estimate of drug-likeness (QED) is 0.888. The normalized spacial score (nSPS) is 38.1. The molecular formula is C17H25NO2. The summed E-state index contributed by atoms with van der Waals surface area (Å²) in [6.07, 6.45) is 2.03. The summed E-state index contributed by atoms with van der Waals surface area (Å²) in [5, 5.41) is 14.6. The number of benzene rings is 1. The first-order chi connectivity index (χ1) is 9.48. The van der Waals surface area contributed by atoms with E-state index in [1.54, 1.807) is 7.11 Å². The van der Waals surface area contributed by atoms with Gasteiger partial charge in [-0.2, -0.15) is 0 Å². The van der Waals surface area contributed by atoms with Crippen molar-refractivity contribution in [3.63, 3.8) is 0 Å². The third-order valence-corrected chi connectivity index (χ3v) is 5.76. The van der Waals surface area contributed by atoms with Gasteiger partial charge < -0.3 is 15.2 Å². The predicted octanol–water partition coefficient (Wildman–Crippen LogP) is 2.91. The molecule has 0 radical (unpaired) electrons. The molecule has 4 atom stereocenters. The van der Waals surface area contributed by atoms with Crippen molar-refractivity contribution >= 4 is 5.69 Å². The van der Waals surface area contributed by atoms with E-state index in [0.717, 1.165) is 18.5 Å². The van der Waals surface area contributed by atoms with E-state index in [-0.39, 0.29) is 11.5 Å². The maximum atomic E-state index is 11.2. The fourth-order valence-corrected chi connectivity index (χ4v) is 4.29. The summed E-state index contributed by atoms with van der Waals surface area (Å²) in [6, 6.07) is 10.1. The smallest absolute Gasteiger partial charge is 0.111 e. The molecule has 0 spiro atoms. The zero-order valence-corrected chi connectivity index (χ0v) is 12.6. The Morgan fingerprint density at radius 2 is 1.95 bits per heavy atom. The highest BCUT2D eigenvalue weighted by molar-refractivity contribution is 5.43. The van der Waals surface area contributed by atoms with Crippen molar-refractivity contribution in [3.05, 3.63) is 30.3 Å². The van der Waals surface area contributed by atoms with E-state index < -0.39 is 5.60 Å². The minimum atomic E-state index is -0.775. The van der Waals surface area contributed by atoms with Crippen molar-refractivity contribution < 1.29 is 9.84 Å². The van der Waals surface area contributed by atoms with Crippen LogP contribution in [0.1, 0.15) is 26.7 Å². The van der Waals surface area contributed by atoms with Crippen LogP contribution in [0.4, 0.5) is 5.69 Å². The Balaban J connectivity index is 1.77. The number of hydrogen-bond acceptors (Lipinski definition) is 3. The predicted molar refractivity (Wildman–Crippen MR) is 80.7 cm³/mol. The molecule has 3 saturated carbocycles. The molecule has 0 heterocycles. The highest BCUT2D eigenvalue weighted by Crippen LogP contribution is 2.63. The van der Waals surface area contributed by atoms with Gasteiger partial charge in [0.1, 0.15) is 5.60 Å². The van der Waals surface area contributed by atoms with Gasteiger partial charge in [-0.05, 0) is 42.2 Å². The fourth-order valence-electron chi connectivity index (χ4n) is 4.29. The lowest BCUT2D eigenvalue weighted by molar-refractivity contribution is -0.253. The van der Waals surface area contributed by atoms with E-state index in [1.165, 1.54) is 0 Å². The Labute approximate surface area is 121 Å². The number of nitrogens with one attached hydrogen (secondary N) is 1. The lowest BCUT2D eigenvalue weighted by atomic mass is 9.43. The summed E-state index contributed by atoms with van der Waals surface area (Å²) in [5.74, 6) is 1.00. The van der Waals surface area contributed by atoms with Crippen LogP contribution in [0.25, 0.3) is 0 Å². The van der Waals surface area contributed by atoms with E-state index in [9.17, 15) is 5.11 Å². The Morgan fingerprint density at radius 1 is 1.25 bits per heavy atom. The number of methoxy groups -OCH3 is 1. The summed E-state index contributed by atoms with van der Waals surface area (Å²) < 4.78 is 5.60. The van der Waals surface area contributed by atoms with Crippen LogP contribution in [0, 0.1) is 17.3 Å². The van der Waals surface area contributed by atoms with Crippen LogP contribution in [0.2, 0.25) is 0 Å². The lowest BCUT2D eigenvalue weighted by Gasteiger charge is -2.65. The van der Waals surface area contributed by atoms with Crippen LogP contribution in [-0.4, -0.2) is 30.5 Å². The van der Waals surface area contributed by atoms with Crippen LogP contribution in [0.5, 0.6) is 0 Å². The Bertz CT molecular complexity index is 473. The van der Waals surface area contributed by atoms with Crippen LogP contribution in [-0.2, 0) is 4.74 Å². The maximum Gasteiger partial charge on any atom is 0.111 e. The SMILES string of the molecule is CO[C@H]1C[C@H]2C[C@H](C2(C)C)[C@]1(O)CNc1ccccc1. The van der Waals surface area contributed by atoms with Crippen LogP contribution in [0.15, 0.2) is 30.3 Å². The second-order valence-electron chi connectivity index (χ2n) is 6.98. The molecule has 3 heteroatoms. The molecule has 0 aliphatic heterocycles. The molecule has 110 valence electrons. The van der Waals surface area contributed by atoms with Crippen molar-refractivity contribution in [2.45, 2.75) is 38.4 Å². The fraction of sp³-hybridized carbons (Fsp3) is 0.647. The van der Waals surface area contributed by atoms with Crippen LogP contribution >= 0.6 is 0 Å². The molecule has 2 bridgehead atoms. The van der Waals surface area contributed by atoms with Gasteiger partial charge in [0.05, 0.1) is 6.10 Å². The lowest BCUT2D eigenvalue weighted by Crippen LogP contribution is -2.70. The van der Waals surface area contributed by atoms with Crippen molar-refractivity contribution in [1.82, 2.24) is 0 Å². The van der Waals surface area contributed by atoms with Crippen LogP contribution < -0.4 is 5.32 Å². The Morgan fingerprint density at radius 3 is 2.55 bits per heavy atom. The van der Waals surface area contributed by atoms with Gasteiger partial charge in [-0.3, -0.25) is 0 Å². The van der Waals surface area contributed by atoms with Gasteiger partial charge in [-0.25, -0.2) is 0 Å². The molecule has 0 aromatic heterocycles. The minimum absolute atomic E-state index is 0.0597. The van der Waals surface area contributed by atoms with Gasteiger partial charge in [0.25, 0.3) is 0 Å². The molecule has 0 unspecified atom stereocenters.